The van der Waals surface area contributed by atoms with Crippen LogP contribution in [0, 0.1) is 12.1 Å². The third-order valence-corrected chi connectivity index (χ3v) is 5.50. The molecule has 5 heteroatoms. The molecule has 2 aromatic carbocycles. The zero-order valence-electron chi connectivity index (χ0n) is 13.1. The molecule has 25 heavy (non-hydrogen) atoms. The summed E-state index contributed by atoms with van der Waals surface area (Å²) in [6.07, 6.45) is 12.4. The Morgan fingerprint density at radius 2 is 1.96 bits per heavy atom. The maximum absolute atomic E-state index is 3.51. The van der Waals surface area contributed by atoms with Crippen molar-refractivity contribution < 1.29 is 51.0 Å². The topological polar surface area (TPSA) is 0 Å². The van der Waals surface area contributed by atoms with Gasteiger partial charge in [-0.3, -0.25) is 6.08 Å². The largest absolute Gasteiger partial charge is 4.00 e. The fraction of sp³-hybridized carbons (Fsp3) is 0.100. The second-order valence-electron chi connectivity index (χ2n) is 5.27. The second kappa shape index (κ2) is 10.3. The molecule has 0 amide bonds. The summed E-state index contributed by atoms with van der Waals surface area (Å²) in [5.74, 6) is 0. The van der Waals surface area contributed by atoms with E-state index in [9.17, 15) is 0 Å². The molecule has 5 rings (SSSR count). The van der Waals surface area contributed by atoms with E-state index in [0.717, 1.165) is 10.9 Å². The molecular formula is C20H13BrCl2SZr. The third-order valence-electron chi connectivity index (χ3n) is 3.85. The first-order chi connectivity index (χ1) is 10.8. The van der Waals surface area contributed by atoms with Crippen LogP contribution in [-0.4, -0.2) is 5.25 Å². The average Bonchev–Trinajstić information content (AvgIpc) is 3.24. The van der Waals surface area contributed by atoms with Gasteiger partial charge in [0, 0.05) is 5.25 Å². The molecule has 0 saturated carbocycles. The molecule has 0 radical (unpaired) electrons. The Balaban J connectivity index is 0.000000344. The Morgan fingerprint density at radius 1 is 1.16 bits per heavy atom. The minimum absolute atomic E-state index is 0. The first-order valence-corrected chi connectivity index (χ1v) is 8.91. The van der Waals surface area contributed by atoms with Gasteiger partial charge in [-0.2, -0.15) is 17.8 Å². The van der Waals surface area contributed by atoms with Crippen LogP contribution in [0.3, 0.4) is 0 Å². The third kappa shape index (κ3) is 4.82. The Kier molecular flexibility index (Phi) is 9.50. The number of rotatable bonds is 0. The summed E-state index contributed by atoms with van der Waals surface area (Å²) >= 11 is 5.44. The summed E-state index contributed by atoms with van der Waals surface area (Å²) in [5, 5.41) is 3.22. The molecule has 0 fully saturated rings. The van der Waals surface area contributed by atoms with Gasteiger partial charge < -0.3 is 24.8 Å². The zero-order valence-corrected chi connectivity index (χ0v) is 19.5. The molecule has 0 N–H and O–H groups in total. The van der Waals surface area contributed by atoms with Crippen molar-refractivity contribution >= 4 is 39.3 Å². The Bertz CT molecular complexity index is 912. The molecule has 0 saturated heterocycles. The standard InChI is InChI=1S/C15H8BrS.C5H5.2ClH.Zr/c16-10-5-6-12-13(8-10)17-14-7-9-3-1-2-4-11(9)15(12)14;1-2-4-5-3-1;;;/h1-5,7-8,14H;1-3H,4H2;2*1H;/q2*-1;;;+4/p-2. The fourth-order valence-electron chi connectivity index (χ4n) is 2.89. The molecule has 0 bridgehead atoms. The smallest absolute Gasteiger partial charge is 1.00 e. The van der Waals surface area contributed by atoms with Gasteiger partial charge in [0.1, 0.15) is 0 Å². The van der Waals surface area contributed by atoms with Gasteiger partial charge in [0.25, 0.3) is 0 Å². The minimum Gasteiger partial charge on any atom is -1.00 e. The van der Waals surface area contributed by atoms with E-state index in [4.69, 9.17) is 0 Å². The molecule has 2 aliphatic carbocycles. The molecule has 124 valence electrons. The normalized spacial score (nSPS) is 16.8. The van der Waals surface area contributed by atoms with Crippen molar-refractivity contribution in [1.82, 2.24) is 0 Å². The maximum Gasteiger partial charge on any atom is 4.00 e. The van der Waals surface area contributed by atoms with Crippen molar-refractivity contribution in [3.05, 3.63) is 87.2 Å². The Hall–Kier alpha value is -0.0469. The van der Waals surface area contributed by atoms with Crippen LogP contribution in [-0.2, 0) is 26.2 Å². The first kappa shape index (κ1) is 23.0. The summed E-state index contributed by atoms with van der Waals surface area (Å²) in [4.78, 5) is 1.34. The van der Waals surface area contributed by atoms with Crippen molar-refractivity contribution in [2.45, 2.75) is 16.6 Å². The van der Waals surface area contributed by atoms with Crippen LogP contribution < -0.4 is 35.3 Å². The SMILES string of the molecule is Brc1c[c-]c2c(c1)SC1C=c3ccccc3=C21.[C-]1=CC=CC1.[Cl-].[Cl-].[Zr+4]. The van der Waals surface area contributed by atoms with Crippen molar-refractivity contribution in [2.75, 3.05) is 0 Å². The van der Waals surface area contributed by atoms with Crippen molar-refractivity contribution in [3.8, 4) is 0 Å². The quantitative estimate of drug-likeness (QED) is 0.359. The van der Waals surface area contributed by atoms with Crippen molar-refractivity contribution in [3.63, 3.8) is 0 Å². The number of fused-ring (bicyclic) bond motifs is 4. The van der Waals surface area contributed by atoms with Crippen molar-refractivity contribution in [1.29, 1.82) is 0 Å². The van der Waals surface area contributed by atoms with Crippen LogP contribution in [0.5, 0.6) is 0 Å². The minimum atomic E-state index is 0. The monoisotopic (exact) mass is 524 g/mol. The molecule has 1 aliphatic heterocycles. The Morgan fingerprint density at radius 3 is 2.64 bits per heavy atom. The Labute approximate surface area is 192 Å². The number of hydrogen-bond acceptors (Lipinski definition) is 1. The summed E-state index contributed by atoms with van der Waals surface area (Å²) < 4.78 is 1.11. The number of benzene rings is 2. The molecule has 0 aromatic heterocycles. The van der Waals surface area contributed by atoms with E-state index in [2.05, 4.69) is 70.6 Å². The van der Waals surface area contributed by atoms with Gasteiger partial charge in [-0.1, -0.05) is 50.5 Å². The molecule has 1 atom stereocenters. The molecule has 0 nitrogen and oxygen atoms in total. The number of thioether (sulfide) groups is 1. The average molecular weight is 527 g/mol. The van der Waals surface area contributed by atoms with Crippen LogP contribution in [0.1, 0.15) is 12.0 Å². The summed E-state index contributed by atoms with van der Waals surface area (Å²) in [5.41, 5.74) is 2.72. The number of halogens is 3. The summed E-state index contributed by atoms with van der Waals surface area (Å²) in [6, 6.07) is 16.2. The van der Waals surface area contributed by atoms with Crippen LogP contribution in [0.15, 0.2) is 64.0 Å². The van der Waals surface area contributed by atoms with E-state index in [0.29, 0.717) is 5.25 Å². The second-order valence-corrected chi connectivity index (χ2v) is 7.37. The molecule has 1 unspecified atom stereocenters. The van der Waals surface area contributed by atoms with Crippen LogP contribution in [0.4, 0.5) is 0 Å². The summed E-state index contributed by atoms with van der Waals surface area (Å²) in [6.45, 7) is 0. The van der Waals surface area contributed by atoms with E-state index < -0.39 is 0 Å². The summed E-state index contributed by atoms with van der Waals surface area (Å²) in [7, 11) is 0. The van der Waals surface area contributed by atoms with E-state index in [1.165, 1.54) is 26.5 Å². The predicted octanol–water partition coefficient (Wildman–Crippen LogP) is -1.97. The molecular weight excluding hydrogens is 514 g/mol. The molecule has 0 spiro atoms. The van der Waals surface area contributed by atoms with Gasteiger partial charge in [0.2, 0.25) is 0 Å². The van der Waals surface area contributed by atoms with Gasteiger partial charge >= 0.3 is 26.2 Å². The van der Waals surface area contributed by atoms with Gasteiger partial charge in [-0.25, -0.2) is 12.2 Å². The van der Waals surface area contributed by atoms with Gasteiger partial charge in [0.15, 0.2) is 0 Å². The predicted molar refractivity (Wildman–Crippen MR) is 96.9 cm³/mol. The number of allylic oxidation sites excluding steroid dienone is 4. The first-order valence-electron chi connectivity index (χ1n) is 7.24. The van der Waals surface area contributed by atoms with E-state index in [1.54, 1.807) is 0 Å². The van der Waals surface area contributed by atoms with Crippen LogP contribution >= 0.6 is 27.7 Å². The van der Waals surface area contributed by atoms with Gasteiger partial charge in [0.05, 0.1) is 0 Å². The molecule has 2 aromatic rings. The van der Waals surface area contributed by atoms with Gasteiger partial charge in [-0.15, -0.1) is 46.1 Å². The van der Waals surface area contributed by atoms with Crippen LogP contribution in [0.25, 0.3) is 11.6 Å². The molecule has 3 aliphatic rings. The molecule has 1 heterocycles. The van der Waals surface area contributed by atoms with E-state index in [1.807, 2.05) is 30.0 Å². The van der Waals surface area contributed by atoms with Gasteiger partial charge in [-0.05, 0) is 5.22 Å². The van der Waals surface area contributed by atoms with Crippen molar-refractivity contribution in [2.24, 2.45) is 0 Å². The maximum atomic E-state index is 3.51. The number of hydrogen-bond donors (Lipinski definition) is 0. The zero-order chi connectivity index (χ0) is 14.9. The van der Waals surface area contributed by atoms with Crippen LogP contribution in [0.2, 0.25) is 0 Å². The fourth-order valence-corrected chi connectivity index (χ4v) is 4.72. The van der Waals surface area contributed by atoms with E-state index >= 15 is 0 Å². The van der Waals surface area contributed by atoms with E-state index in [-0.39, 0.29) is 51.0 Å².